The van der Waals surface area contributed by atoms with E-state index in [9.17, 15) is 9.18 Å². The average molecular weight is 266 g/mol. The molecule has 0 radical (unpaired) electrons. The summed E-state index contributed by atoms with van der Waals surface area (Å²) in [6, 6.07) is 4.86. The van der Waals surface area contributed by atoms with Crippen LogP contribution in [0.3, 0.4) is 0 Å². The molecule has 1 heterocycles. The standard InChI is InChI=1S/C13H19FN4O/c1-17-4-6-18(7-5-17)10-2-3-12(11(14)8-10)16-13(19)9-15/h2-3,8H,4-7,9,15H2,1H3,(H,16,19). The van der Waals surface area contributed by atoms with Gasteiger partial charge in [-0.3, -0.25) is 4.79 Å². The van der Waals surface area contributed by atoms with E-state index in [4.69, 9.17) is 5.73 Å². The normalized spacial score (nSPS) is 16.5. The minimum Gasteiger partial charge on any atom is -0.369 e. The van der Waals surface area contributed by atoms with E-state index < -0.39 is 11.7 Å². The summed E-state index contributed by atoms with van der Waals surface area (Å²) in [5, 5.41) is 2.43. The Labute approximate surface area is 112 Å². The van der Waals surface area contributed by atoms with Crippen molar-refractivity contribution in [2.75, 3.05) is 50.0 Å². The summed E-state index contributed by atoms with van der Waals surface area (Å²) in [5.41, 5.74) is 6.20. The van der Waals surface area contributed by atoms with Crippen molar-refractivity contribution in [3.63, 3.8) is 0 Å². The lowest BCUT2D eigenvalue weighted by Crippen LogP contribution is -2.44. The van der Waals surface area contributed by atoms with Gasteiger partial charge in [-0.2, -0.15) is 0 Å². The van der Waals surface area contributed by atoms with E-state index in [1.54, 1.807) is 6.07 Å². The lowest BCUT2D eigenvalue weighted by atomic mass is 10.2. The van der Waals surface area contributed by atoms with Crippen LogP contribution in [0.15, 0.2) is 18.2 Å². The van der Waals surface area contributed by atoms with Crippen molar-refractivity contribution in [3.05, 3.63) is 24.0 Å². The number of anilines is 2. The lowest BCUT2D eigenvalue weighted by Gasteiger charge is -2.34. The van der Waals surface area contributed by atoms with Gasteiger partial charge >= 0.3 is 0 Å². The number of nitrogens with one attached hydrogen (secondary N) is 1. The third-order valence-corrected chi connectivity index (χ3v) is 3.28. The number of carbonyl (C=O) groups is 1. The summed E-state index contributed by atoms with van der Waals surface area (Å²) in [6.45, 7) is 3.54. The molecule has 1 aliphatic heterocycles. The van der Waals surface area contributed by atoms with Crippen LogP contribution >= 0.6 is 0 Å². The smallest absolute Gasteiger partial charge is 0.238 e. The minimum absolute atomic E-state index is 0.153. The molecule has 0 spiro atoms. The van der Waals surface area contributed by atoms with Crippen molar-refractivity contribution in [2.45, 2.75) is 0 Å². The van der Waals surface area contributed by atoms with Crippen molar-refractivity contribution < 1.29 is 9.18 Å². The highest BCUT2D eigenvalue weighted by Gasteiger charge is 2.15. The maximum atomic E-state index is 13.9. The first-order chi connectivity index (χ1) is 9.10. The average Bonchev–Trinajstić information content (AvgIpc) is 2.41. The number of rotatable bonds is 3. The predicted molar refractivity (Wildman–Crippen MR) is 73.8 cm³/mol. The monoisotopic (exact) mass is 266 g/mol. The van der Waals surface area contributed by atoms with Gasteiger partial charge in [0.15, 0.2) is 0 Å². The molecule has 1 aromatic carbocycles. The zero-order valence-corrected chi connectivity index (χ0v) is 11.0. The summed E-state index contributed by atoms with van der Waals surface area (Å²) in [5.74, 6) is -0.829. The van der Waals surface area contributed by atoms with Crippen molar-refractivity contribution in [1.29, 1.82) is 0 Å². The molecule has 0 aromatic heterocycles. The molecule has 5 nitrogen and oxygen atoms in total. The van der Waals surface area contributed by atoms with E-state index in [0.717, 1.165) is 31.9 Å². The van der Waals surface area contributed by atoms with E-state index in [0.29, 0.717) is 0 Å². The third kappa shape index (κ3) is 3.42. The van der Waals surface area contributed by atoms with Crippen molar-refractivity contribution in [1.82, 2.24) is 4.90 Å². The number of hydrogen-bond acceptors (Lipinski definition) is 4. The molecule has 0 bridgehead atoms. The first-order valence-electron chi connectivity index (χ1n) is 6.33. The highest BCUT2D eigenvalue weighted by molar-refractivity contribution is 5.92. The Morgan fingerprint density at radius 1 is 1.37 bits per heavy atom. The molecule has 3 N–H and O–H groups in total. The van der Waals surface area contributed by atoms with Crippen molar-refractivity contribution in [2.24, 2.45) is 5.73 Å². The van der Waals surface area contributed by atoms with Gasteiger partial charge in [0.1, 0.15) is 5.82 Å². The summed E-state index contributed by atoms with van der Waals surface area (Å²) >= 11 is 0. The zero-order chi connectivity index (χ0) is 13.8. The molecule has 0 saturated carbocycles. The number of hydrogen-bond donors (Lipinski definition) is 2. The number of likely N-dealkylation sites (N-methyl/N-ethyl adjacent to an activating group) is 1. The fourth-order valence-corrected chi connectivity index (χ4v) is 2.07. The molecule has 1 amide bonds. The van der Waals surface area contributed by atoms with Crippen molar-refractivity contribution in [3.8, 4) is 0 Å². The maximum absolute atomic E-state index is 13.9. The molecular weight excluding hydrogens is 247 g/mol. The fourth-order valence-electron chi connectivity index (χ4n) is 2.07. The van der Waals surface area contributed by atoms with Crippen LogP contribution in [0.1, 0.15) is 0 Å². The van der Waals surface area contributed by atoms with Crippen LogP contribution in [-0.2, 0) is 4.79 Å². The van der Waals surface area contributed by atoms with Crippen LogP contribution < -0.4 is 16.0 Å². The first-order valence-corrected chi connectivity index (χ1v) is 6.33. The van der Waals surface area contributed by atoms with Gasteiger partial charge < -0.3 is 20.9 Å². The molecule has 0 unspecified atom stereocenters. The van der Waals surface area contributed by atoms with Crippen LogP contribution in [0, 0.1) is 5.82 Å². The molecular formula is C13H19FN4O. The highest BCUT2D eigenvalue weighted by Crippen LogP contribution is 2.22. The van der Waals surface area contributed by atoms with Crippen LogP contribution in [0.4, 0.5) is 15.8 Å². The molecule has 2 rings (SSSR count). The number of halogens is 1. The topological polar surface area (TPSA) is 61.6 Å². The molecule has 0 aliphatic carbocycles. The zero-order valence-electron chi connectivity index (χ0n) is 11.0. The molecule has 104 valence electrons. The van der Waals surface area contributed by atoms with E-state index in [2.05, 4.69) is 22.2 Å². The summed E-state index contributed by atoms with van der Waals surface area (Å²) in [7, 11) is 2.07. The number of carbonyl (C=O) groups excluding carboxylic acids is 1. The number of benzene rings is 1. The molecule has 1 aromatic rings. The Morgan fingerprint density at radius 2 is 2.05 bits per heavy atom. The second kappa shape index (κ2) is 5.99. The van der Waals surface area contributed by atoms with Crippen molar-refractivity contribution >= 4 is 17.3 Å². The molecule has 1 fully saturated rings. The molecule has 19 heavy (non-hydrogen) atoms. The predicted octanol–water partition coefficient (Wildman–Crippen LogP) is 0.475. The van der Waals surface area contributed by atoms with Gasteiger partial charge in [-0.25, -0.2) is 4.39 Å². The van der Waals surface area contributed by atoms with Gasteiger partial charge in [0.25, 0.3) is 0 Å². The fraction of sp³-hybridized carbons (Fsp3) is 0.462. The van der Waals surface area contributed by atoms with Gasteiger partial charge in [-0.15, -0.1) is 0 Å². The Kier molecular flexibility index (Phi) is 4.34. The van der Waals surface area contributed by atoms with Crippen LogP contribution in [-0.4, -0.2) is 50.6 Å². The maximum Gasteiger partial charge on any atom is 0.238 e. The SMILES string of the molecule is CN1CCN(c2ccc(NC(=O)CN)c(F)c2)CC1. The van der Waals surface area contributed by atoms with Crippen LogP contribution in [0.5, 0.6) is 0 Å². The van der Waals surface area contributed by atoms with Crippen LogP contribution in [0.25, 0.3) is 0 Å². The molecule has 6 heteroatoms. The Hall–Kier alpha value is -1.66. The third-order valence-electron chi connectivity index (χ3n) is 3.28. The first kappa shape index (κ1) is 13.8. The van der Waals surface area contributed by atoms with Gasteiger partial charge in [-0.1, -0.05) is 0 Å². The summed E-state index contributed by atoms with van der Waals surface area (Å²) in [4.78, 5) is 15.5. The number of nitrogens with zero attached hydrogens (tertiary/aromatic N) is 2. The number of nitrogens with two attached hydrogens (primary N) is 1. The summed E-state index contributed by atoms with van der Waals surface area (Å²) in [6.07, 6.45) is 0. The quantitative estimate of drug-likeness (QED) is 0.835. The second-order valence-electron chi connectivity index (χ2n) is 4.71. The van der Waals surface area contributed by atoms with E-state index >= 15 is 0 Å². The van der Waals surface area contributed by atoms with Gasteiger partial charge in [0.05, 0.1) is 12.2 Å². The van der Waals surface area contributed by atoms with E-state index in [1.165, 1.54) is 6.07 Å². The van der Waals surface area contributed by atoms with Gasteiger partial charge in [-0.05, 0) is 25.2 Å². The molecule has 1 aliphatic rings. The van der Waals surface area contributed by atoms with Gasteiger partial charge in [0, 0.05) is 31.9 Å². The second-order valence-corrected chi connectivity index (χ2v) is 4.71. The van der Waals surface area contributed by atoms with Gasteiger partial charge in [0.2, 0.25) is 5.91 Å². The Balaban J connectivity index is 2.08. The lowest BCUT2D eigenvalue weighted by molar-refractivity contribution is -0.114. The summed E-state index contributed by atoms with van der Waals surface area (Å²) < 4.78 is 13.9. The van der Waals surface area contributed by atoms with E-state index in [1.807, 2.05) is 6.07 Å². The van der Waals surface area contributed by atoms with Crippen LogP contribution in [0.2, 0.25) is 0 Å². The molecule has 1 saturated heterocycles. The number of amides is 1. The Bertz CT molecular complexity index is 458. The highest BCUT2D eigenvalue weighted by atomic mass is 19.1. The largest absolute Gasteiger partial charge is 0.369 e. The van der Waals surface area contributed by atoms with E-state index in [-0.39, 0.29) is 12.2 Å². The Morgan fingerprint density at radius 3 is 2.63 bits per heavy atom. The number of piperazine rings is 1. The minimum atomic E-state index is -0.432. The molecule has 0 atom stereocenters.